The van der Waals surface area contributed by atoms with E-state index in [1.54, 1.807) is 13.2 Å². The topological polar surface area (TPSA) is 64.6 Å². The van der Waals surface area contributed by atoms with Crippen LogP contribution in [0.25, 0.3) is 0 Å². The van der Waals surface area contributed by atoms with Gasteiger partial charge in [0.15, 0.2) is 9.84 Å². The monoisotopic (exact) mass is 299 g/mol. The van der Waals surface area contributed by atoms with Crippen LogP contribution < -0.4 is 14.8 Å². The number of hydrogen-bond donors (Lipinski definition) is 1. The maximum atomic E-state index is 11.1. The highest BCUT2D eigenvalue weighted by Crippen LogP contribution is 2.26. The number of nitrogens with one attached hydrogen (secondary N) is 1. The summed E-state index contributed by atoms with van der Waals surface area (Å²) in [7, 11) is -1.42. The summed E-state index contributed by atoms with van der Waals surface area (Å²) in [6, 6.07) is 6.24. The molecule has 0 aromatic heterocycles. The summed E-state index contributed by atoms with van der Waals surface area (Å²) in [6.45, 7) is 0.880. The van der Waals surface area contributed by atoms with Crippen molar-refractivity contribution in [1.29, 1.82) is 0 Å². The van der Waals surface area contributed by atoms with Gasteiger partial charge in [0.1, 0.15) is 18.1 Å². The van der Waals surface area contributed by atoms with E-state index in [9.17, 15) is 8.42 Å². The van der Waals surface area contributed by atoms with Crippen molar-refractivity contribution in [2.75, 3.05) is 25.7 Å². The van der Waals surface area contributed by atoms with Crippen molar-refractivity contribution in [2.24, 2.45) is 0 Å². The Bertz CT molecular complexity index is 552. The van der Waals surface area contributed by atoms with Crippen LogP contribution in [0.15, 0.2) is 18.2 Å². The molecule has 20 heavy (non-hydrogen) atoms. The maximum Gasteiger partial charge on any atom is 0.150 e. The molecule has 1 aliphatic rings. The Labute approximate surface area is 120 Å². The summed E-state index contributed by atoms with van der Waals surface area (Å²) in [6.07, 6.45) is 3.65. The standard InChI is InChI=1S/C14H21NO4S/c1-18-13-6-3-11(10-15-12-4-5-12)14(9-13)19-7-8-20(2,16)17/h3,6,9,12,15H,4-5,7-8,10H2,1-2H3. The fourth-order valence-corrected chi connectivity index (χ4v) is 2.17. The highest BCUT2D eigenvalue weighted by atomic mass is 32.2. The second-order valence-electron chi connectivity index (χ2n) is 5.11. The Morgan fingerprint density at radius 2 is 2.10 bits per heavy atom. The molecule has 0 atom stereocenters. The first-order valence-electron chi connectivity index (χ1n) is 6.69. The predicted octanol–water partition coefficient (Wildman–Crippen LogP) is 1.37. The fraction of sp³-hybridized carbons (Fsp3) is 0.571. The molecule has 0 spiro atoms. The molecular weight excluding hydrogens is 278 g/mol. The minimum absolute atomic E-state index is 0.0136. The van der Waals surface area contributed by atoms with Crippen LogP contribution >= 0.6 is 0 Å². The summed E-state index contributed by atoms with van der Waals surface area (Å²) < 4.78 is 33.1. The van der Waals surface area contributed by atoms with Crippen LogP contribution in [-0.2, 0) is 16.4 Å². The lowest BCUT2D eigenvalue weighted by Crippen LogP contribution is -2.17. The van der Waals surface area contributed by atoms with Gasteiger partial charge in [-0.05, 0) is 18.9 Å². The highest BCUT2D eigenvalue weighted by molar-refractivity contribution is 7.90. The summed E-state index contributed by atoms with van der Waals surface area (Å²) >= 11 is 0. The fourth-order valence-electron chi connectivity index (χ4n) is 1.79. The summed E-state index contributed by atoms with van der Waals surface area (Å²) in [4.78, 5) is 0. The zero-order valence-corrected chi connectivity index (χ0v) is 12.7. The van der Waals surface area contributed by atoms with Crippen molar-refractivity contribution in [3.8, 4) is 11.5 Å². The highest BCUT2D eigenvalue weighted by Gasteiger charge is 2.20. The van der Waals surface area contributed by atoms with E-state index in [1.807, 2.05) is 12.1 Å². The number of rotatable bonds is 8. The van der Waals surface area contributed by atoms with E-state index in [0.29, 0.717) is 17.5 Å². The number of sulfone groups is 1. The van der Waals surface area contributed by atoms with Gasteiger partial charge in [0.2, 0.25) is 0 Å². The van der Waals surface area contributed by atoms with E-state index in [4.69, 9.17) is 9.47 Å². The summed E-state index contributed by atoms with van der Waals surface area (Å²) in [5, 5.41) is 3.42. The zero-order valence-electron chi connectivity index (χ0n) is 11.9. The number of hydrogen-bond acceptors (Lipinski definition) is 5. The van der Waals surface area contributed by atoms with Crippen LogP contribution in [0.1, 0.15) is 18.4 Å². The normalized spacial score (nSPS) is 15.1. The van der Waals surface area contributed by atoms with Crippen LogP contribution in [0, 0.1) is 0 Å². The molecule has 0 radical (unpaired) electrons. The maximum absolute atomic E-state index is 11.1. The lowest BCUT2D eigenvalue weighted by Gasteiger charge is -2.13. The third-order valence-corrected chi connectivity index (χ3v) is 4.05. The van der Waals surface area contributed by atoms with Crippen LogP contribution in [0.4, 0.5) is 0 Å². The Morgan fingerprint density at radius 1 is 1.35 bits per heavy atom. The SMILES string of the molecule is COc1ccc(CNC2CC2)c(OCCS(C)(=O)=O)c1. The predicted molar refractivity (Wildman–Crippen MR) is 78.1 cm³/mol. The van der Waals surface area contributed by atoms with Gasteiger partial charge < -0.3 is 14.8 Å². The van der Waals surface area contributed by atoms with Gasteiger partial charge in [-0.2, -0.15) is 0 Å². The molecule has 1 N–H and O–H groups in total. The Hall–Kier alpha value is -1.27. The molecule has 0 unspecified atom stereocenters. The summed E-state index contributed by atoms with van der Waals surface area (Å²) in [5.74, 6) is 1.40. The molecule has 1 saturated carbocycles. The van der Waals surface area contributed by atoms with E-state index < -0.39 is 9.84 Å². The van der Waals surface area contributed by atoms with Crippen LogP contribution in [0.3, 0.4) is 0 Å². The lowest BCUT2D eigenvalue weighted by atomic mass is 10.2. The molecule has 0 saturated heterocycles. The largest absolute Gasteiger partial charge is 0.497 e. The molecule has 2 rings (SSSR count). The van der Waals surface area contributed by atoms with Gasteiger partial charge in [-0.1, -0.05) is 6.07 Å². The van der Waals surface area contributed by atoms with E-state index in [-0.39, 0.29) is 12.4 Å². The molecule has 0 aliphatic heterocycles. The Balaban J connectivity index is 2.01. The van der Waals surface area contributed by atoms with E-state index >= 15 is 0 Å². The minimum Gasteiger partial charge on any atom is -0.497 e. The molecule has 1 aliphatic carbocycles. The van der Waals surface area contributed by atoms with Gasteiger partial charge in [0, 0.05) is 30.5 Å². The van der Waals surface area contributed by atoms with Gasteiger partial charge >= 0.3 is 0 Å². The van der Waals surface area contributed by atoms with Crippen LogP contribution in [-0.4, -0.2) is 40.2 Å². The number of methoxy groups -OCH3 is 1. The third-order valence-electron chi connectivity index (χ3n) is 3.14. The first-order chi connectivity index (χ1) is 9.48. The molecule has 1 fully saturated rings. The van der Waals surface area contributed by atoms with Gasteiger partial charge in [0.05, 0.1) is 12.9 Å². The molecule has 0 bridgehead atoms. The average molecular weight is 299 g/mol. The Morgan fingerprint density at radius 3 is 2.70 bits per heavy atom. The van der Waals surface area contributed by atoms with Gasteiger partial charge in [-0.15, -0.1) is 0 Å². The summed E-state index contributed by atoms with van der Waals surface area (Å²) in [5.41, 5.74) is 1.02. The van der Waals surface area contributed by atoms with Crippen molar-refractivity contribution in [1.82, 2.24) is 5.32 Å². The van der Waals surface area contributed by atoms with Gasteiger partial charge in [-0.25, -0.2) is 8.42 Å². The van der Waals surface area contributed by atoms with Crippen molar-refractivity contribution < 1.29 is 17.9 Å². The molecule has 5 nitrogen and oxygen atoms in total. The Kier molecular flexibility index (Phi) is 4.88. The lowest BCUT2D eigenvalue weighted by molar-refractivity contribution is 0.332. The molecule has 1 aromatic carbocycles. The van der Waals surface area contributed by atoms with E-state index in [1.165, 1.54) is 19.1 Å². The van der Waals surface area contributed by atoms with Crippen molar-refractivity contribution >= 4 is 9.84 Å². The molecule has 0 heterocycles. The van der Waals surface area contributed by atoms with Gasteiger partial charge in [-0.3, -0.25) is 0 Å². The first-order valence-corrected chi connectivity index (χ1v) is 8.75. The van der Waals surface area contributed by atoms with Gasteiger partial charge in [0.25, 0.3) is 0 Å². The molecule has 112 valence electrons. The quantitative estimate of drug-likeness (QED) is 0.785. The zero-order chi connectivity index (χ0) is 14.6. The number of benzene rings is 1. The third kappa shape index (κ3) is 5.02. The van der Waals surface area contributed by atoms with Crippen LogP contribution in [0.2, 0.25) is 0 Å². The molecule has 6 heteroatoms. The second kappa shape index (κ2) is 6.45. The molecule has 1 aromatic rings. The smallest absolute Gasteiger partial charge is 0.150 e. The average Bonchev–Trinajstić information content (AvgIpc) is 3.19. The van der Waals surface area contributed by atoms with Crippen molar-refractivity contribution in [2.45, 2.75) is 25.4 Å². The minimum atomic E-state index is -3.01. The second-order valence-corrected chi connectivity index (χ2v) is 7.37. The first kappa shape index (κ1) is 15.1. The molecule has 0 amide bonds. The van der Waals surface area contributed by atoms with E-state index in [0.717, 1.165) is 12.1 Å². The number of ether oxygens (including phenoxy) is 2. The van der Waals surface area contributed by atoms with Crippen molar-refractivity contribution in [3.05, 3.63) is 23.8 Å². The van der Waals surface area contributed by atoms with Crippen LogP contribution in [0.5, 0.6) is 11.5 Å². The van der Waals surface area contributed by atoms with E-state index in [2.05, 4.69) is 5.32 Å². The molecular formula is C14H21NO4S. The van der Waals surface area contributed by atoms with Crippen molar-refractivity contribution in [3.63, 3.8) is 0 Å².